The number of carbonyl (C=O) groups excluding carboxylic acids is 1. The number of rotatable bonds is 8. The van der Waals surface area contributed by atoms with Crippen LogP contribution in [0.3, 0.4) is 0 Å². The van der Waals surface area contributed by atoms with Crippen molar-refractivity contribution >= 4 is 34.4 Å². The first kappa shape index (κ1) is 26.1. The van der Waals surface area contributed by atoms with Crippen molar-refractivity contribution in [2.24, 2.45) is 15.9 Å². The van der Waals surface area contributed by atoms with E-state index in [0.717, 1.165) is 25.0 Å². The highest BCUT2D eigenvalue weighted by Crippen LogP contribution is 2.27. The molecule has 4 rings (SSSR count). The van der Waals surface area contributed by atoms with Gasteiger partial charge in [0.05, 0.1) is 48.3 Å². The molecule has 11 heteroatoms. The van der Waals surface area contributed by atoms with Crippen LogP contribution in [-0.4, -0.2) is 67.2 Å². The minimum Gasteiger partial charge on any atom is -0.383 e. The van der Waals surface area contributed by atoms with Gasteiger partial charge in [-0.15, -0.1) is 0 Å². The number of pyridine rings is 1. The lowest BCUT2D eigenvalue weighted by molar-refractivity contribution is 0.0420. The first-order valence-corrected chi connectivity index (χ1v) is 11.6. The fourth-order valence-electron chi connectivity index (χ4n) is 4.54. The Labute approximate surface area is 211 Å². The maximum Gasteiger partial charge on any atom is 0.258 e. The van der Waals surface area contributed by atoms with E-state index in [1.807, 2.05) is 4.90 Å². The summed E-state index contributed by atoms with van der Waals surface area (Å²) in [6.45, 7) is 0.899. The molecule has 0 radical (unpaired) electrons. The van der Waals surface area contributed by atoms with Gasteiger partial charge in [0.1, 0.15) is 5.71 Å². The highest BCUT2D eigenvalue weighted by Gasteiger charge is 2.37. The van der Waals surface area contributed by atoms with E-state index in [2.05, 4.69) is 15.1 Å². The van der Waals surface area contributed by atoms with Gasteiger partial charge in [0.2, 0.25) is 0 Å². The van der Waals surface area contributed by atoms with E-state index in [4.69, 9.17) is 15.3 Å². The van der Waals surface area contributed by atoms with Crippen molar-refractivity contribution in [3.63, 3.8) is 0 Å². The van der Waals surface area contributed by atoms with Gasteiger partial charge in [-0.3, -0.25) is 14.6 Å². The highest BCUT2D eigenvalue weighted by atomic mass is 19.2. The zero-order valence-corrected chi connectivity index (χ0v) is 20.4. The Balaban J connectivity index is 1.54. The number of ether oxygens (including phenoxy) is 2. The molecule has 37 heavy (non-hydrogen) atoms. The number of methoxy groups -OCH3 is 2. The number of hydrogen-bond donors (Lipinski definition) is 2. The first-order valence-electron chi connectivity index (χ1n) is 11.6. The van der Waals surface area contributed by atoms with Crippen LogP contribution in [0.15, 0.2) is 57.4 Å². The fourth-order valence-corrected chi connectivity index (χ4v) is 4.54. The number of aromatic nitrogens is 1. The van der Waals surface area contributed by atoms with Crippen molar-refractivity contribution < 1.29 is 23.0 Å². The zero-order chi connectivity index (χ0) is 26.5. The summed E-state index contributed by atoms with van der Waals surface area (Å²) in [5, 5.41) is 3.90. The summed E-state index contributed by atoms with van der Waals surface area (Å²) >= 11 is 0. The number of nitrogens with two attached hydrogens (primary N) is 1. The molecule has 3 aromatic rings. The highest BCUT2D eigenvalue weighted by molar-refractivity contribution is 6.38. The molecule has 194 valence electrons. The number of benzene rings is 2. The molecule has 1 saturated heterocycles. The molecule has 1 unspecified atom stereocenters. The van der Waals surface area contributed by atoms with Crippen LogP contribution in [0.1, 0.15) is 28.8 Å². The molecular formula is C26H27F2N5O4. The lowest BCUT2D eigenvalue weighted by Crippen LogP contribution is -2.44. The van der Waals surface area contributed by atoms with Crippen molar-refractivity contribution in [1.29, 1.82) is 0 Å². The van der Waals surface area contributed by atoms with Crippen LogP contribution in [-0.2, 0) is 9.47 Å². The number of aromatic amines is 1. The number of H-pyrrole nitrogens is 1. The lowest BCUT2D eigenvalue weighted by atomic mass is 10.1. The summed E-state index contributed by atoms with van der Waals surface area (Å²) in [5.74, 6) is 3.25. The minimum atomic E-state index is -1.07. The second-order valence-corrected chi connectivity index (χ2v) is 8.69. The Morgan fingerprint density at radius 1 is 1.08 bits per heavy atom. The number of hydrazone groups is 1. The van der Waals surface area contributed by atoms with Gasteiger partial charge in [-0.05, 0) is 49.2 Å². The van der Waals surface area contributed by atoms with Gasteiger partial charge in [-0.1, -0.05) is 0 Å². The quantitative estimate of drug-likeness (QED) is 0.273. The Bertz CT molecular complexity index is 1390. The number of nitrogens with one attached hydrogen (secondary N) is 1. The molecule has 1 aliphatic rings. The van der Waals surface area contributed by atoms with Crippen molar-refractivity contribution in [2.45, 2.75) is 24.9 Å². The molecule has 1 fully saturated rings. The number of carbonyl (C=O) groups is 1. The Morgan fingerprint density at radius 3 is 2.30 bits per heavy atom. The molecule has 2 heterocycles. The number of halogens is 2. The molecule has 9 nitrogen and oxygen atoms in total. The smallest absolute Gasteiger partial charge is 0.258 e. The number of nitrogens with zero attached hydrogens (tertiary/aromatic N) is 3. The maximum absolute atomic E-state index is 13.7. The summed E-state index contributed by atoms with van der Waals surface area (Å²) in [5.41, 5.74) is 0.618. The van der Waals surface area contributed by atoms with Crippen LogP contribution in [0.4, 0.5) is 14.5 Å². The van der Waals surface area contributed by atoms with E-state index < -0.39 is 17.2 Å². The molecule has 2 aromatic carbocycles. The number of likely N-dealkylation sites (tertiary alicyclic amines) is 1. The van der Waals surface area contributed by atoms with Gasteiger partial charge in [0, 0.05) is 31.2 Å². The average Bonchev–Trinajstić information content (AvgIpc) is 3.28. The predicted molar refractivity (Wildman–Crippen MR) is 137 cm³/mol. The van der Waals surface area contributed by atoms with Crippen molar-refractivity contribution in [2.75, 3.05) is 27.4 Å². The molecule has 1 amide bonds. The second-order valence-electron chi connectivity index (χ2n) is 8.69. The van der Waals surface area contributed by atoms with E-state index >= 15 is 0 Å². The molecule has 0 aliphatic carbocycles. The molecule has 2 atom stereocenters. The Hall–Kier alpha value is -3.96. The summed E-state index contributed by atoms with van der Waals surface area (Å²) < 4.78 is 37.7. The van der Waals surface area contributed by atoms with Crippen LogP contribution >= 0.6 is 0 Å². The summed E-state index contributed by atoms with van der Waals surface area (Å²) in [6.07, 6.45) is 2.97. The van der Waals surface area contributed by atoms with Crippen LogP contribution in [0, 0.1) is 11.6 Å². The third kappa shape index (κ3) is 5.57. The largest absolute Gasteiger partial charge is 0.383 e. The van der Waals surface area contributed by atoms with Gasteiger partial charge in [-0.2, -0.15) is 5.10 Å². The standard InChI is InChI=1S/C26H27F2N5O4/c1-36-13-18-7-8-19(14-37-2)33(18)26(35)15-3-5-17(6-4-15)30-12-24(32-29)20-9-16-10-21(27)22(28)11-23(16)31-25(20)34/h3-6,9-12,18-19H,7-8,13-14,29H2,1-2H3,(H,31,34)/t18-,19?/m0/s1. The monoisotopic (exact) mass is 511 g/mol. The first-order chi connectivity index (χ1) is 17.9. The van der Waals surface area contributed by atoms with Gasteiger partial charge < -0.3 is 25.2 Å². The molecule has 1 aliphatic heterocycles. The number of aliphatic imine (C=N–C) groups is 1. The van der Waals surface area contributed by atoms with Crippen molar-refractivity contribution in [3.05, 3.63) is 75.6 Å². The number of amides is 1. The Morgan fingerprint density at radius 2 is 1.70 bits per heavy atom. The van der Waals surface area contributed by atoms with E-state index in [1.165, 1.54) is 12.3 Å². The molecule has 0 saturated carbocycles. The molecule has 1 aromatic heterocycles. The van der Waals surface area contributed by atoms with Crippen LogP contribution in [0.2, 0.25) is 0 Å². The normalized spacial score (nSPS) is 18.3. The maximum atomic E-state index is 13.7. The molecule has 0 bridgehead atoms. The third-order valence-corrected chi connectivity index (χ3v) is 6.32. The number of fused-ring (bicyclic) bond motifs is 1. The topological polar surface area (TPSA) is 122 Å². The van der Waals surface area contributed by atoms with E-state index in [-0.39, 0.29) is 40.2 Å². The Kier molecular flexibility index (Phi) is 8.04. The third-order valence-electron chi connectivity index (χ3n) is 6.32. The van der Waals surface area contributed by atoms with Gasteiger partial charge in [0.25, 0.3) is 11.5 Å². The van der Waals surface area contributed by atoms with Gasteiger partial charge >= 0.3 is 0 Å². The number of hydrogen-bond acceptors (Lipinski definition) is 7. The predicted octanol–water partition coefficient (Wildman–Crippen LogP) is 3.14. The van der Waals surface area contributed by atoms with E-state index in [1.54, 1.807) is 38.5 Å². The zero-order valence-electron chi connectivity index (χ0n) is 20.4. The molecule has 3 N–H and O–H groups in total. The van der Waals surface area contributed by atoms with Crippen LogP contribution < -0.4 is 11.4 Å². The molecule has 0 spiro atoms. The lowest BCUT2D eigenvalue weighted by Gasteiger charge is -2.30. The summed E-state index contributed by atoms with van der Waals surface area (Å²) in [4.78, 5) is 34.4. The van der Waals surface area contributed by atoms with Crippen LogP contribution in [0.25, 0.3) is 10.9 Å². The fraction of sp³-hybridized carbons (Fsp3) is 0.308. The average molecular weight is 512 g/mol. The summed E-state index contributed by atoms with van der Waals surface area (Å²) in [6, 6.07) is 9.84. The van der Waals surface area contributed by atoms with E-state index in [0.29, 0.717) is 24.5 Å². The molecular weight excluding hydrogens is 484 g/mol. The van der Waals surface area contributed by atoms with Gasteiger partial charge in [-0.25, -0.2) is 8.78 Å². The van der Waals surface area contributed by atoms with Crippen molar-refractivity contribution in [3.8, 4) is 0 Å². The SMILES string of the molecule is COCC1CC[C@@H](COC)N1C(=O)c1ccc(N=CC(=NN)c2cc3cc(F)c(F)cc3[nH]c2=O)cc1. The van der Waals surface area contributed by atoms with Crippen molar-refractivity contribution in [1.82, 2.24) is 9.88 Å². The van der Waals surface area contributed by atoms with Gasteiger partial charge in [0.15, 0.2) is 11.6 Å². The minimum absolute atomic E-state index is 0.0244. The van der Waals surface area contributed by atoms with Crippen LogP contribution in [0.5, 0.6) is 0 Å². The second kappa shape index (κ2) is 11.4. The van der Waals surface area contributed by atoms with E-state index in [9.17, 15) is 18.4 Å². The summed E-state index contributed by atoms with van der Waals surface area (Å²) in [7, 11) is 3.23.